The molecule has 0 unspecified atom stereocenters. The lowest BCUT2D eigenvalue weighted by Crippen LogP contribution is -2.22. The fourth-order valence-electron chi connectivity index (χ4n) is 1.52. The molecule has 1 aromatic carbocycles. The van der Waals surface area contributed by atoms with E-state index in [1.807, 2.05) is 0 Å². The highest BCUT2D eigenvalue weighted by atomic mass is 32.2. The third-order valence-electron chi connectivity index (χ3n) is 2.40. The summed E-state index contributed by atoms with van der Waals surface area (Å²) in [5, 5.41) is 1.64. The van der Waals surface area contributed by atoms with Crippen LogP contribution >= 0.6 is 11.3 Å². The average molecular weight is 319 g/mol. The van der Waals surface area contributed by atoms with Crippen molar-refractivity contribution in [3.8, 4) is 5.75 Å². The van der Waals surface area contributed by atoms with Crippen LogP contribution in [0.15, 0.2) is 46.0 Å². The number of ether oxygens (including phenoxy) is 1. The lowest BCUT2D eigenvalue weighted by molar-refractivity contribution is -0.0504. The fourth-order valence-corrected chi connectivity index (χ4v) is 3.57. The van der Waals surface area contributed by atoms with E-state index in [2.05, 4.69) is 9.46 Å². The molecule has 0 aliphatic carbocycles. The first-order chi connectivity index (χ1) is 9.49. The molecule has 0 atom stereocenters. The Balaban J connectivity index is 2.12. The number of sulfonamides is 1. The molecule has 0 saturated carbocycles. The summed E-state index contributed by atoms with van der Waals surface area (Å²) in [7, 11) is -3.63. The van der Waals surface area contributed by atoms with E-state index in [-0.39, 0.29) is 16.5 Å². The van der Waals surface area contributed by atoms with Crippen LogP contribution in [0.2, 0.25) is 0 Å². The number of nitrogens with one attached hydrogen (secondary N) is 1. The van der Waals surface area contributed by atoms with Crippen molar-refractivity contribution in [2.45, 2.75) is 17.4 Å². The van der Waals surface area contributed by atoms with Gasteiger partial charge in [-0.25, -0.2) is 13.1 Å². The van der Waals surface area contributed by atoms with Gasteiger partial charge in [-0.15, -0.1) is 11.3 Å². The van der Waals surface area contributed by atoms with Gasteiger partial charge in [-0.3, -0.25) is 0 Å². The molecule has 0 amide bonds. The third kappa shape index (κ3) is 3.75. The van der Waals surface area contributed by atoms with Gasteiger partial charge < -0.3 is 4.74 Å². The number of halogens is 2. The Hall–Kier alpha value is -1.51. The summed E-state index contributed by atoms with van der Waals surface area (Å²) in [5.74, 6) is -0.0450. The number of rotatable bonds is 6. The predicted molar refractivity (Wildman–Crippen MR) is 71.4 cm³/mol. The summed E-state index contributed by atoms with van der Waals surface area (Å²) >= 11 is 1.08. The van der Waals surface area contributed by atoms with Crippen molar-refractivity contribution >= 4 is 21.4 Å². The topological polar surface area (TPSA) is 55.4 Å². The molecule has 1 N–H and O–H groups in total. The number of alkyl halides is 2. The first kappa shape index (κ1) is 14.9. The number of benzene rings is 1. The van der Waals surface area contributed by atoms with Crippen molar-refractivity contribution in [2.24, 2.45) is 0 Å². The zero-order valence-electron chi connectivity index (χ0n) is 10.1. The molecule has 0 bridgehead atoms. The van der Waals surface area contributed by atoms with Gasteiger partial charge in [0.1, 0.15) is 9.96 Å². The standard InChI is InChI=1S/C12H11F2NO3S2/c13-12(14)18-10-5-2-1-4-9(10)8-15-20(16,17)11-6-3-7-19-11/h1-7,12,15H,8H2. The molecule has 0 aliphatic heterocycles. The van der Waals surface area contributed by atoms with Crippen LogP contribution in [-0.2, 0) is 16.6 Å². The Morgan fingerprint density at radius 1 is 1.20 bits per heavy atom. The molecule has 20 heavy (non-hydrogen) atoms. The number of para-hydroxylation sites is 1. The summed E-state index contributed by atoms with van der Waals surface area (Å²) in [6, 6.07) is 9.12. The molecular formula is C12H11F2NO3S2. The molecule has 2 rings (SSSR count). The second-order valence-electron chi connectivity index (χ2n) is 3.74. The van der Waals surface area contributed by atoms with Gasteiger partial charge in [0.15, 0.2) is 0 Å². The zero-order chi connectivity index (χ0) is 14.6. The van der Waals surface area contributed by atoms with Crippen LogP contribution in [-0.4, -0.2) is 15.0 Å². The summed E-state index contributed by atoms with van der Waals surface area (Å²) in [6.45, 7) is -3.08. The Morgan fingerprint density at radius 2 is 1.95 bits per heavy atom. The van der Waals surface area contributed by atoms with Crippen molar-refractivity contribution in [3.05, 3.63) is 47.3 Å². The van der Waals surface area contributed by atoms with Crippen molar-refractivity contribution in [3.63, 3.8) is 0 Å². The smallest absolute Gasteiger partial charge is 0.387 e. The Bertz CT molecular complexity index is 657. The van der Waals surface area contributed by atoms with Crippen LogP contribution in [0.5, 0.6) is 5.75 Å². The molecule has 0 radical (unpaired) electrons. The molecule has 108 valence electrons. The molecule has 0 saturated heterocycles. The Morgan fingerprint density at radius 3 is 2.60 bits per heavy atom. The fraction of sp³-hybridized carbons (Fsp3) is 0.167. The largest absolute Gasteiger partial charge is 0.434 e. The minimum atomic E-state index is -3.63. The van der Waals surface area contributed by atoms with Crippen LogP contribution in [0.1, 0.15) is 5.56 Å². The van der Waals surface area contributed by atoms with Crippen LogP contribution < -0.4 is 9.46 Å². The maximum Gasteiger partial charge on any atom is 0.387 e. The van der Waals surface area contributed by atoms with Crippen LogP contribution in [0.3, 0.4) is 0 Å². The van der Waals surface area contributed by atoms with Crippen LogP contribution in [0, 0.1) is 0 Å². The average Bonchev–Trinajstić information content (AvgIpc) is 2.92. The van der Waals surface area contributed by atoms with Crippen LogP contribution in [0.25, 0.3) is 0 Å². The van der Waals surface area contributed by atoms with Gasteiger partial charge >= 0.3 is 6.61 Å². The van der Waals surface area contributed by atoms with Gasteiger partial charge in [-0.1, -0.05) is 24.3 Å². The highest BCUT2D eigenvalue weighted by Gasteiger charge is 2.16. The Labute approximate surface area is 119 Å². The van der Waals surface area contributed by atoms with E-state index in [9.17, 15) is 17.2 Å². The first-order valence-corrected chi connectivity index (χ1v) is 7.91. The van der Waals surface area contributed by atoms with Gasteiger partial charge in [0.2, 0.25) is 10.0 Å². The second kappa shape index (κ2) is 6.29. The lowest BCUT2D eigenvalue weighted by Gasteiger charge is -2.11. The van der Waals surface area contributed by atoms with Gasteiger partial charge in [-0.2, -0.15) is 8.78 Å². The molecule has 0 spiro atoms. The Kier molecular flexibility index (Phi) is 4.69. The molecule has 0 fully saturated rings. The molecule has 4 nitrogen and oxygen atoms in total. The zero-order valence-corrected chi connectivity index (χ0v) is 11.8. The van der Waals surface area contributed by atoms with Gasteiger partial charge in [0, 0.05) is 12.1 Å². The number of hydrogen-bond donors (Lipinski definition) is 1. The lowest BCUT2D eigenvalue weighted by atomic mass is 10.2. The maximum atomic E-state index is 12.2. The monoisotopic (exact) mass is 319 g/mol. The van der Waals surface area contributed by atoms with E-state index < -0.39 is 16.6 Å². The predicted octanol–water partition coefficient (Wildman–Crippen LogP) is 2.83. The quantitative estimate of drug-likeness (QED) is 0.891. The van der Waals surface area contributed by atoms with Gasteiger partial charge in [0.25, 0.3) is 0 Å². The summed E-state index contributed by atoms with van der Waals surface area (Å²) in [5.41, 5.74) is 0.341. The van der Waals surface area contributed by atoms with E-state index >= 15 is 0 Å². The highest BCUT2D eigenvalue weighted by molar-refractivity contribution is 7.91. The van der Waals surface area contributed by atoms with Crippen molar-refractivity contribution in [2.75, 3.05) is 0 Å². The molecular weight excluding hydrogens is 308 g/mol. The molecule has 1 heterocycles. The van der Waals surface area contributed by atoms with E-state index in [1.165, 1.54) is 24.3 Å². The molecule has 8 heteroatoms. The number of thiophene rings is 1. The second-order valence-corrected chi connectivity index (χ2v) is 6.68. The van der Waals surface area contributed by atoms with Crippen LogP contribution in [0.4, 0.5) is 8.78 Å². The first-order valence-electron chi connectivity index (χ1n) is 5.55. The number of hydrogen-bond acceptors (Lipinski definition) is 4. The SMILES string of the molecule is O=S(=O)(NCc1ccccc1OC(F)F)c1cccs1. The summed E-state index contributed by atoms with van der Waals surface area (Å²) in [4.78, 5) is 0. The van der Waals surface area contributed by atoms with Crippen molar-refractivity contribution in [1.29, 1.82) is 0 Å². The van der Waals surface area contributed by atoms with E-state index in [0.717, 1.165) is 11.3 Å². The van der Waals surface area contributed by atoms with E-state index in [4.69, 9.17) is 0 Å². The van der Waals surface area contributed by atoms with Crippen molar-refractivity contribution < 1.29 is 21.9 Å². The molecule has 1 aromatic heterocycles. The third-order valence-corrected chi connectivity index (χ3v) is 5.20. The highest BCUT2D eigenvalue weighted by Crippen LogP contribution is 2.21. The van der Waals surface area contributed by atoms with Gasteiger partial charge in [0.05, 0.1) is 0 Å². The molecule has 0 aliphatic rings. The van der Waals surface area contributed by atoms with Gasteiger partial charge in [-0.05, 0) is 17.5 Å². The van der Waals surface area contributed by atoms with E-state index in [1.54, 1.807) is 17.5 Å². The minimum Gasteiger partial charge on any atom is -0.434 e. The normalized spacial score (nSPS) is 11.8. The van der Waals surface area contributed by atoms with E-state index in [0.29, 0.717) is 5.56 Å². The summed E-state index contributed by atoms with van der Waals surface area (Å²) < 4.78 is 55.2. The van der Waals surface area contributed by atoms with Crippen molar-refractivity contribution in [1.82, 2.24) is 4.72 Å². The molecule has 2 aromatic rings. The minimum absolute atomic E-state index is 0.0450. The summed E-state index contributed by atoms with van der Waals surface area (Å²) in [6.07, 6.45) is 0. The maximum absolute atomic E-state index is 12.2.